The van der Waals surface area contributed by atoms with Gasteiger partial charge in [0, 0.05) is 24.5 Å². The minimum absolute atomic E-state index is 0.175. The molecule has 0 saturated carbocycles. The maximum Gasteiger partial charge on any atom is 0.162 e. The normalized spacial score (nSPS) is 21.9. The highest BCUT2D eigenvalue weighted by Gasteiger charge is 2.25. The van der Waals surface area contributed by atoms with Crippen LogP contribution in [0, 0.1) is 0 Å². The fourth-order valence-corrected chi connectivity index (χ4v) is 2.97. The van der Waals surface area contributed by atoms with E-state index in [1.807, 2.05) is 12.1 Å². The summed E-state index contributed by atoms with van der Waals surface area (Å²) in [5.41, 5.74) is 0.842. The Hall–Kier alpha value is -2.08. The molecule has 2 atom stereocenters. The van der Waals surface area contributed by atoms with E-state index in [-0.39, 0.29) is 12.2 Å². The first-order valence-electron chi connectivity index (χ1n) is 7.39. The fourth-order valence-electron chi connectivity index (χ4n) is 2.97. The quantitative estimate of drug-likeness (QED) is 0.867. The van der Waals surface area contributed by atoms with Crippen molar-refractivity contribution in [2.24, 2.45) is 0 Å². The number of hydrogen-bond acceptors (Lipinski definition) is 6. The van der Waals surface area contributed by atoms with Crippen molar-refractivity contribution in [1.29, 1.82) is 0 Å². The molecule has 3 rings (SSSR count). The Morgan fingerprint density at radius 2 is 1.68 bits per heavy atom. The molecule has 0 radical (unpaired) electrons. The molecule has 6 heteroatoms. The highest BCUT2D eigenvalue weighted by molar-refractivity contribution is 5.92. The predicted octanol–water partition coefficient (Wildman–Crippen LogP) is 2.26. The van der Waals surface area contributed by atoms with Gasteiger partial charge in [-0.25, -0.2) is 9.97 Å². The Morgan fingerprint density at radius 1 is 1.05 bits per heavy atom. The second-order valence-electron chi connectivity index (χ2n) is 5.58. The Labute approximate surface area is 130 Å². The van der Waals surface area contributed by atoms with Crippen LogP contribution in [0.15, 0.2) is 18.5 Å². The lowest BCUT2D eigenvalue weighted by Crippen LogP contribution is -2.45. The first-order valence-corrected chi connectivity index (χ1v) is 7.39. The van der Waals surface area contributed by atoms with Gasteiger partial charge in [0.2, 0.25) is 0 Å². The molecule has 1 aromatic heterocycles. The van der Waals surface area contributed by atoms with Gasteiger partial charge in [0.1, 0.15) is 12.1 Å². The summed E-state index contributed by atoms with van der Waals surface area (Å²) in [4.78, 5) is 11.1. The van der Waals surface area contributed by atoms with E-state index in [0.717, 1.165) is 29.8 Å². The molecule has 0 bridgehead atoms. The van der Waals surface area contributed by atoms with Crippen LogP contribution in [0.2, 0.25) is 0 Å². The van der Waals surface area contributed by atoms with Crippen molar-refractivity contribution < 1.29 is 14.2 Å². The molecule has 1 fully saturated rings. The molecule has 6 nitrogen and oxygen atoms in total. The van der Waals surface area contributed by atoms with Gasteiger partial charge in [-0.1, -0.05) is 0 Å². The summed E-state index contributed by atoms with van der Waals surface area (Å²) in [7, 11) is 3.25. The van der Waals surface area contributed by atoms with E-state index in [1.54, 1.807) is 20.5 Å². The summed E-state index contributed by atoms with van der Waals surface area (Å²) < 4.78 is 16.6. The van der Waals surface area contributed by atoms with Crippen LogP contribution >= 0.6 is 0 Å². The van der Waals surface area contributed by atoms with Crippen molar-refractivity contribution in [3.8, 4) is 11.5 Å². The Bertz CT molecular complexity index is 667. The summed E-state index contributed by atoms with van der Waals surface area (Å²) in [5.74, 6) is 2.26. The smallest absolute Gasteiger partial charge is 0.162 e. The zero-order chi connectivity index (χ0) is 15.7. The van der Waals surface area contributed by atoms with Crippen LogP contribution in [0.5, 0.6) is 11.5 Å². The summed E-state index contributed by atoms with van der Waals surface area (Å²) in [5, 5.41) is 0.960. The van der Waals surface area contributed by atoms with Crippen molar-refractivity contribution in [2.75, 3.05) is 32.2 Å². The number of rotatable bonds is 3. The first kappa shape index (κ1) is 14.8. The topological polar surface area (TPSA) is 56.7 Å². The molecule has 0 unspecified atom stereocenters. The molecule has 118 valence electrons. The van der Waals surface area contributed by atoms with Gasteiger partial charge in [-0.2, -0.15) is 0 Å². The van der Waals surface area contributed by atoms with Crippen LogP contribution in [0.25, 0.3) is 10.9 Å². The molecule has 0 spiro atoms. The molecule has 0 aliphatic carbocycles. The lowest BCUT2D eigenvalue weighted by Gasteiger charge is -2.36. The van der Waals surface area contributed by atoms with Crippen LogP contribution in [-0.2, 0) is 4.74 Å². The van der Waals surface area contributed by atoms with Crippen molar-refractivity contribution in [3.63, 3.8) is 0 Å². The van der Waals surface area contributed by atoms with E-state index >= 15 is 0 Å². The first-order chi connectivity index (χ1) is 10.6. The van der Waals surface area contributed by atoms with E-state index in [0.29, 0.717) is 11.5 Å². The Morgan fingerprint density at radius 3 is 2.32 bits per heavy atom. The standard InChI is InChI=1S/C16H21N3O3/c1-10-7-19(8-11(2)22-10)16-12-5-14(20-3)15(21-4)6-13(12)17-9-18-16/h5-6,9-11H,7-8H2,1-4H3/t10-,11-/m0/s1. The third kappa shape index (κ3) is 2.66. The number of nitrogens with zero attached hydrogens (tertiary/aromatic N) is 3. The van der Waals surface area contributed by atoms with Crippen LogP contribution in [-0.4, -0.2) is 49.5 Å². The largest absolute Gasteiger partial charge is 0.493 e. The fraction of sp³-hybridized carbons (Fsp3) is 0.500. The van der Waals surface area contributed by atoms with Gasteiger partial charge >= 0.3 is 0 Å². The van der Waals surface area contributed by atoms with Gasteiger partial charge in [-0.15, -0.1) is 0 Å². The minimum atomic E-state index is 0.175. The van der Waals surface area contributed by atoms with Crippen molar-refractivity contribution >= 4 is 16.7 Å². The Balaban J connectivity index is 2.09. The molecular weight excluding hydrogens is 282 g/mol. The zero-order valence-electron chi connectivity index (χ0n) is 13.4. The van der Waals surface area contributed by atoms with Gasteiger partial charge in [-0.3, -0.25) is 0 Å². The zero-order valence-corrected chi connectivity index (χ0v) is 13.4. The van der Waals surface area contributed by atoms with Crippen LogP contribution in [0.3, 0.4) is 0 Å². The number of ether oxygens (including phenoxy) is 3. The molecule has 1 aliphatic rings. The number of fused-ring (bicyclic) bond motifs is 1. The highest BCUT2D eigenvalue weighted by atomic mass is 16.5. The molecule has 22 heavy (non-hydrogen) atoms. The molecule has 0 amide bonds. The van der Waals surface area contributed by atoms with E-state index < -0.39 is 0 Å². The van der Waals surface area contributed by atoms with E-state index in [2.05, 4.69) is 28.7 Å². The van der Waals surface area contributed by atoms with Crippen molar-refractivity contribution in [2.45, 2.75) is 26.1 Å². The van der Waals surface area contributed by atoms with Gasteiger partial charge in [0.15, 0.2) is 11.5 Å². The molecule has 2 heterocycles. The maximum atomic E-state index is 5.80. The summed E-state index contributed by atoms with van der Waals surface area (Å²) >= 11 is 0. The van der Waals surface area contributed by atoms with E-state index in [4.69, 9.17) is 14.2 Å². The average molecular weight is 303 g/mol. The second kappa shape index (κ2) is 5.96. The number of methoxy groups -OCH3 is 2. The summed E-state index contributed by atoms with van der Waals surface area (Å²) in [6.07, 6.45) is 1.94. The third-order valence-electron chi connectivity index (χ3n) is 3.84. The third-order valence-corrected chi connectivity index (χ3v) is 3.84. The number of anilines is 1. The molecule has 1 aliphatic heterocycles. The second-order valence-corrected chi connectivity index (χ2v) is 5.58. The number of morpholine rings is 1. The predicted molar refractivity (Wildman–Crippen MR) is 84.9 cm³/mol. The maximum absolute atomic E-state index is 5.80. The Kier molecular flexibility index (Phi) is 4.02. The number of hydrogen-bond donors (Lipinski definition) is 0. The van der Waals surface area contributed by atoms with Crippen molar-refractivity contribution in [3.05, 3.63) is 18.5 Å². The summed E-state index contributed by atoms with van der Waals surface area (Å²) in [6, 6.07) is 3.82. The van der Waals surface area contributed by atoms with Crippen LogP contribution in [0.1, 0.15) is 13.8 Å². The van der Waals surface area contributed by atoms with E-state index in [1.165, 1.54) is 0 Å². The molecule has 0 N–H and O–H groups in total. The molecule has 2 aromatic rings. The van der Waals surface area contributed by atoms with Gasteiger partial charge < -0.3 is 19.1 Å². The van der Waals surface area contributed by atoms with Crippen molar-refractivity contribution in [1.82, 2.24) is 9.97 Å². The number of aromatic nitrogens is 2. The highest BCUT2D eigenvalue weighted by Crippen LogP contribution is 2.35. The van der Waals surface area contributed by atoms with Gasteiger partial charge in [0.05, 0.1) is 31.9 Å². The SMILES string of the molecule is COc1cc2ncnc(N3C[C@H](C)O[C@@H](C)C3)c2cc1OC. The average Bonchev–Trinajstić information content (AvgIpc) is 2.51. The lowest BCUT2D eigenvalue weighted by molar-refractivity contribution is -0.00537. The van der Waals surface area contributed by atoms with Crippen LogP contribution in [0.4, 0.5) is 5.82 Å². The molecular formula is C16H21N3O3. The van der Waals surface area contributed by atoms with Gasteiger partial charge in [-0.05, 0) is 19.9 Å². The molecule has 1 aromatic carbocycles. The number of benzene rings is 1. The van der Waals surface area contributed by atoms with Gasteiger partial charge in [0.25, 0.3) is 0 Å². The monoisotopic (exact) mass is 303 g/mol. The van der Waals surface area contributed by atoms with Crippen LogP contribution < -0.4 is 14.4 Å². The summed E-state index contributed by atoms with van der Waals surface area (Å²) in [6.45, 7) is 5.78. The molecule has 1 saturated heterocycles. The minimum Gasteiger partial charge on any atom is -0.493 e. The lowest BCUT2D eigenvalue weighted by atomic mass is 10.1. The van der Waals surface area contributed by atoms with E-state index in [9.17, 15) is 0 Å².